The molecule has 2 rings (SSSR count). The van der Waals surface area contributed by atoms with Gasteiger partial charge in [-0.1, -0.05) is 26.0 Å². The lowest BCUT2D eigenvalue weighted by Gasteiger charge is -2.13. The van der Waals surface area contributed by atoms with E-state index in [2.05, 4.69) is 4.98 Å². The number of benzene rings is 1. The number of hydrogen-bond donors (Lipinski definition) is 2. The molecule has 0 saturated carbocycles. The molecule has 0 aliphatic rings. The predicted molar refractivity (Wildman–Crippen MR) is 71.6 cm³/mol. The van der Waals surface area contributed by atoms with Gasteiger partial charge in [-0.25, -0.2) is 9.36 Å². The van der Waals surface area contributed by atoms with E-state index >= 15 is 0 Å². The maximum atomic E-state index is 13.0. The van der Waals surface area contributed by atoms with E-state index in [9.17, 15) is 23.1 Å². The summed E-state index contributed by atoms with van der Waals surface area (Å²) >= 11 is 0. The number of para-hydroxylation sites is 1. The van der Waals surface area contributed by atoms with Crippen LogP contribution in [0.5, 0.6) is 5.88 Å². The predicted octanol–water partition coefficient (Wildman–Crippen LogP) is 3.09. The number of rotatable bonds is 3. The minimum absolute atomic E-state index is 0.139. The van der Waals surface area contributed by atoms with Crippen LogP contribution in [0.2, 0.25) is 0 Å². The minimum Gasteiger partial charge on any atom is -0.493 e. The van der Waals surface area contributed by atoms with Crippen LogP contribution < -0.4 is 5.69 Å². The average Bonchev–Trinajstić information content (AvgIpc) is 2.62. The quantitative estimate of drug-likeness (QED) is 0.915. The van der Waals surface area contributed by atoms with Crippen molar-refractivity contribution in [2.24, 2.45) is 5.92 Å². The van der Waals surface area contributed by atoms with E-state index < -0.39 is 29.0 Å². The van der Waals surface area contributed by atoms with E-state index in [1.807, 2.05) is 13.8 Å². The van der Waals surface area contributed by atoms with E-state index in [0.717, 1.165) is 12.1 Å². The van der Waals surface area contributed by atoms with Crippen LogP contribution in [0.15, 0.2) is 29.1 Å². The lowest BCUT2D eigenvalue weighted by atomic mass is 10.1. The van der Waals surface area contributed by atoms with Gasteiger partial charge in [0.05, 0.1) is 16.9 Å². The molecular weight excluding hydrogens is 285 g/mol. The molecule has 0 aliphatic carbocycles. The van der Waals surface area contributed by atoms with E-state index in [1.54, 1.807) is 0 Å². The van der Waals surface area contributed by atoms with E-state index in [-0.39, 0.29) is 11.6 Å². The molecule has 0 aliphatic heterocycles. The van der Waals surface area contributed by atoms with Crippen LogP contribution in [0.25, 0.3) is 5.69 Å². The Morgan fingerprint density at radius 2 is 1.90 bits per heavy atom. The van der Waals surface area contributed by atoms with Crippen LogP contribution in [-0.2, 0) is 12.6 Å². The number of imidazole rings is 1. The Balaban J connectivity index is 2.64. The van der Waals surface area contributed by atoms with Gasteiger partial charge in [0.25, 0.3) is 0 Å². The molecule has 21 heavy (non-hydrogen) atoms. The maximum absolute atomic E-state index is 13.0. The number of alkyl halides is 3. The number of aromatic amines is 1. The van der Waals surface area contributed by atoms with Crippen molar-refractivity contribution in [2.45, 2.75) is 26.4 Å². The lowest BCUT2D eigenvalue weighted by molar-refractivity contribution is -0.137. The molecular formula is C14H15F3N2O2. The molecule has 0 atom stereocenters. The highest BCUT2D eigenvalue weighted by Gasteiger charge is 2.34. The maximum Gasteiger partial charge on any atom is 0.418 e. The Morgan fingerprint density at radius 3 is 2.48 bits per heavy atom. The molecule has 1 aromatic carbocycles. The Hall–Kier alpha value is -2.18. The highest BCUT2D eigenvalue weighted by atomic mass is 19.4. The van der Waals surface area contributed by atoms with Crippen LogP contribution in [-0.4, -0.2) is 14.7 Å². The van der Waals surface area contributed by atoms with Crippen molar-refractivity contribution in [3.63, 3.8) is 0 Å². The molecule has 4 nitrogen and oxygen atoms in total. The first-order valence-corrected chi connectivity index (χ1v) is 6.41. The number of aromatic hydroxyl groups is 1. The number of hydrogen-bond acceptors (Lipinski definition) is 2. The Labute approximate surface area is 118 Å². The smallest absolute Gasteiger partial charge is 0.418 e. The lowest BCUT2D eigenvalue weighted by Crippen LogP contribution is -2.19. The number of nitrogens with one attached hydrogen (secondary N) is 1. The molecule has 7 heteroatoms. The summed E-state index contributed by atoms with van der Waals surface area (Å²) in [6.45, 7) is 3.75. The second-order valence-electron chi connectivity index (χ2n) is 5.18. The summed E-state index contributed by atoms with van der Waals surface area (Å²) in [7, 11) is 0. The van der Waals surface area contributed by atoms with Gasteiger partial charge >= 0.3 is 11.9 Å². The first-order chi connectivity index (χ1) is 9.71. The number of nitrogens with zero attached hydrogens (tertiary/aromatic N) is 1. The third kappa shape index (κ3) is 2.96. The zero-order valence-corrected chi connectivity index (χ0v) is 11.5. The molecule has 0 unspecified atom stereocenters. The van der Waals surface area contributed by atoms with Gasteiger partial charge in [0.15, 0.2) is 0 Å². The van der Waals surface area contributed by atoms with Gasteiger partial charge < -0.3 is 10.1 Å². The molecule has 2 N–H and O–H groups in total. The average molecular weight is 300 g/mol. The van der Waals surface area contributed by atoms with Gasteiger partial charge in [-0.2, -0.15) is 13.2 Å². The number of H-pyrrole nitrogens is 1. The summed E-state index contributed by atoms with van der Waals surface area (Å²) in [4.78, 5) is 14.3. The van der Waals surface area contributed by atoms with Gasteiger partial charge in [-0.15, -0.1) is 0 Å². The molecule has 0 radical (unpaired) electrons. The largest absolute Gasteiger partial charge is 0.493 e. The highest BCUT2D eigenvalue weighted by Crippen LogP contribution is 2.34. The fourth-order valence-electron chi connectivity index (χ4n) is 2.15. The van der Waals surface area contributed by atoms with Crippen molar-refractivity contribution in [3.8, 4) is 11.6 Å². The molecule has 0 fully saturated rings. The highest BCUT2D eigenvalue weighted by molar-refractivity contribution is 5.46. The zero-order valence-electron chi connectivity index (χ0n) is 11.5. The zero-order chi connectivity index (χ0) is 15.8. The van der Waals surface area contributed by atoms with E-state index in [4.69, 9.17) is 0 Å². The summed E-state index contributed by atoms with van der Waals surface area (Å²) in [6, 6.07) is 4.63. The van der Waals surface area contributed by atoms with Crippen molar-refractivity contribution in [3.05, 3.63) is 46.0 Å². The summed E-state index contributed by atoms with van der Waals surface area (Å²) < 4.78 is 39.7. The molecule has 114 valence electrons. The third-order valence-electron chi connectivity index (χ3n) is 3.01. The fraction of sp³-hybridized carbons (Fsp3) is 0.357. The first kappa shape index (κ1) is 15.2. The molecule has 2 aromatic rings. The standard InChI is InChI=1S/C14H15F3N2O2/c1-8(2)7-10-12(20)19(13(21)18-10)11-6-4-3-5-9(11)14(15,16)17/h3-6,8,20H,7H2,1-2H3,(H,18,21). The van der Waals surface area contributed by atoms with Gasteiger partial charge in [0.2, 0.25) is 5.88 Å². The van der Waals surface area contributed by atoms with Gasteiger partial charge in [0.1, 0.15) is 0 Å². The third-order valence-corrected chi connectivity index (χ3v) is 3.01. The van der Waals surface area contributed by atoms with Crippen molar-refractivity contribution >= 4 is 0 Å². The van der Waals surface area contributed by atoms with Gasteiger partial charge in [0, 0.05) is 0 Å². The second kappa shape index (κ2) is 5.31. The molecule has 0 amide bonds. The molecule has 0 spiro atoms. The summed E-state index contributed by atoms with van der Waals surface area (Å²) in [5, 5.41) is 10.1. The summed E-state index contributed by atoms with van der Waals surface area (Å²) in [6.07, 6.45) is -4.25. The van der Waals surface area contributed by atoms with Crippen LogP contribution in [0, 0.1) is 5.92 Å². The van der Waals surface area contributed by atoms with E-state index in [0.29, 0.717) is 11.0 Å². The second-order valence-corrected chi connectivity index (χ2v) is 5.18. The van der Waals surface area contributed by atoms with Crippen molar-refractivity contribution in [1.82, 2.24) is 9.55 Å². The topological polar surface area (TPSA) is 58.0 Å². The monoisotopic (exact) mass is 300 g/mol. The summed E-state index contributed by atoms with van der Waals surface area (Å²) in [5.41, 5.74) is -1.93. The van der Waals surface area contributed by atoms with E-state index in [1.165, 1.54) is 12.1 Å². The SMILES string of the molecule is CC(C)Cc1[nH]c(=O)n(-c2ccccc2C(F)(F)F)c1O. The number of aromatic nitrogens is 2. The Bertz CT molecular complexity index is 699. The van der Waals surface area contributed by atoms with Crippen LogP contribution in [0.4, 0.5) is 13.2 Å². The normalized spacial score (nSPS) is 12.1. The first-order valence-electron chi connectivity index (χ1n) is 6.41. The van der Waals surface area contributed by atoms with Gasteiger partial charge in [-0.05, 0) is 24.5 Å². The number of halogens is 3. The Kier molecular flexibility index (Phi) is 3.85. The van der Waals surface area contributed by atoms with Gasteiger partial charge in [-0.3, -0.25) is 0 Å². The van der Waals surface area contributed by atoms with Crippen molar-refractivity contribution in [1.29, 1.82) is 0 Å². The minimum atomic E-state index is -4.61. The van der Waals surface area contributed by atoms with Crippen LogP contribution in [0.1, 0.15) is 25.1 Å². The van der Waals surface area contributed by atoms with Crippen molar-refractivity contribution in [2.75, 3.05) is 0 Å². The van der Waals surface area contributed by atoms with Crippen LogP contribution in [0.3, 0.4) is 0 Å². The van der Waals surface area contributed by atoms with Crippen molar-refractivity contribution < 1.29 is 18.3 Å². The summed E-state index contributed by atoms with van der Waals surface area (Å²) in [5.74, 6) is -0.342. The fourth-order valence-corrected chi connectivity index (χ4v) is 2.15. The van der Waals surface area contributed by atoms with Crippen LogP contribution >= 0.6 is 0 Å². The molecule has 1 heterocycles. The Morgan fingerprint density at radius 1 is 1.29 bits per heavy atom. The molecule has 0 saturated heterocycles. The molecule has 1 aromatic heterocycles. The molecule has 0 bridgehead atoms.